The molecule has 0 unspecified atom stereocenters. The first-order chi connectivity index (χ1) is 8.58. The van der Waals surface area contributed by atoms with Gasteiger partial charge in [-0.25, -0.2) is 0 Å². The van der Waals surface area contributed by atoms with Crippen molar-refractivity contribution in [1.29, 1.82) is 0 Å². The van der Waals surface area contributed by atoms with Gasteiger partial charge >= 0.3 is 0 Å². The van der Waals surface area contributed by atoms with Crippen molar-refractivity contribution in [3.05, 3.63) is 33.9 Å². The molecule has 1 aliphatic carbocycles. The molecule has 0 amide bonds. The highest BCUT2D eigenvalue weighted by atomic mass is 16.6. The third-order valence-corrected chi connectivity index (χ3v) is 3.15. The van der Waals surface area contributed by atoms with Crippen molar-refractivity contribution >= 4 is 11.5 Å². The van der Waals surface area contributed by atoms with Crippen LogP contribution in [0, 0.1) is 10.1 Å². The van der Waals surface area contributed by atoms with Crippen LogP contribution in [0.4, 0.5) is 5.69 Å². The van der Waals surface area contributed by atoms with Gasteiger partial charge in [0.2, 0.25) is 0 Å². The van der Waals surface area contributed by atoms with E-state index in [0.29, 0.717) is 5.75 Å². The first-order valence-electron chi connectivity index (χ1n) is 6.04. The quantitative estimate of drug-likeness (QED) is 0.467. The highest BCUT2D eigenvalue weighted by molar-refractivity contribution is 5.98. The van der Waals surface area contributed by atoms with Gasteiger partial charge in [0, 0.05) is 6.07 Å². The zero-order chi connectivity index (χ0) is 13.1. The SMILES string of the molecule is CC(=O)c1cc(OC2CCCC2)ccc1[N+](=O)[O-]. The molecule has 0 bridgehead atoms. The summed E-state index contributed by atoms with van der Waals surface area (Å²) in [6.07, 6.45) is 4.49. The molecule has 5 nitrogen and oxygen atoms in total. The van der Waals surface area contributed by atoms with Crippen molar-refractivity contribution < 1.29 is 14.5 Å². The molecule has 1 saturated carbocycles. The van der Waals surface area contributed by atoms with Gasteiger partial charge in [0.05, 0.1) is 16.6 Å². The van der Waals surface area contributed by atoms with Crippen LogP contribution in [0.3, 0.4) is 0 Å². The highest BCUT2D eigenvalue weighted by Gasteiger charge is 2.21. The lowest BCUT2D eigenvalue weighted by atomic mass is 10.1. The first-order valence-corrected chi connectivity index (χ1v) is 6.04. The first kappa shape index (κ1) is 12.5. The van der Waals surface area contributed by atoms with Gasteiger partial charge in [-0.15, -0.1) is 0 Å². The van der Waals surface area contributed by atoms with Crippen LogP contribution >= 0.6 is 0 Å². The molecule has 18 heavy (non-hydrogen) atoms. The van der Waals surface area contributed by atoms with Crippen molar-refractivity contribution in [3.63, 3.8) is 0 Å². The van der Waals surface area contributed by atoms with Crippen LogP contribution in [0.5, 0.6) is 5.75 Å². The number of nitro groups is 1. The summed E-state index contributed by atoms with van der Waals surface area (Å²) < 4.78 is 5.73. The molecule has 2 rings (SSSR count). The number of hydrogen-bond donors (Lipinski definition) is 0. The van der Waals surface area contributed by atoms with Gasteiger partial charge in [0.25, 0.3) is 5.69 Å². The molecule has 0 aliphatic heterocycles. The van der Waals surface area contributed by atoms with E-state index >= 15 is 0 Å². The molecule has 0 atom stereocenters. The monoisotopic (exact) mass is 249 g/mol. The van der Waals surface area contributed by atoms with Crippen molar-refractivity contribution in [2.24, 2.45) is 0 Å². The summed E-state index contributed by atoms with van der Waals surface area (Å²) in [7, 11) is 0. The Hall–Kier alpha value is -1.91. The molecule has 0 saturated heterocycles. The van der Waals surface area contributed by atoms with E-state index in [1.54, 1.807) is 6.07 Å². The predicted molar refractivity (Wildman–Crippen MR) is 66.0 cm³/mol. The van der Waals surface area contributed by atoms with Crippen LogP contribution in [-0.4, -0.2) is 16.8 Å². The Kier molecular flexibility index (Phi) is 3.60. The second-order valence-electron chi connectivity index (χ2n) is 4.52. The summed E-state index contributed by atoms with van der Waals surface area (Å²) >= 11 is 0. The number of Topliss-reactive ketones (excluding diaryl/α,β-unsaturated/α-hetero) is 1. The molecular weight excluding hydrogens is 234 g/mol. The molecule has 1 aromatic rings. The fourth-order valence-electron chi connectivity index (χ4n) is 2.23. The Morgan fingerprint density at radius 1 is 1.39 bits per heavy atom. The average Bonchev–Trinajstić information content (AvgIpc) is 2.81. The average molecular weight is 249 g/mol. The third kappa shape index (κ3) is 2.67. The second kappa shape index (κ2) is 5.16. The number of ether oxygens (including phenoxy) is 1. The van der Waals surface area contributed by atoms with Crippen molar-refractivity contribution in [2.75, 3.05) is 0 Å². The van der Waals surface area contributed by atoms with Gasteiger partial charge < -0.3 is 4.74 Å². The minimum absolute atomic E-state index is 0.107. The normalized spacial score (nSPS) is 15.6. The molecule has 0 N–H and O–H groups in total. The van der Waals surface area contributed by atoms with Gasteiger partial charge in [-0.2, -0.15) is 0 Å². The minimum atomic E-state index is -0.546. The molecule has 1 fully saturated rings. The van der Waals surface area contributed by atoms with Gasteiger partial charge in [-0.05, 0) is 44.7 Å². The number of carbonyl (C=O) groups excluding carboxylic acids is 1. The summed E-state index contributed by atoms with van der Waals surface area (Å²) in [5.41, 5.74) is -0.0585. The maximum atomic E-state index is 11.4. The number of nitro benzene ring substituents is 1. The highest BCUT2D eigenvalue weighted by Crippen LogP contribution is 2.28. The summed E-state index contributed by atoms with van der Waals surface area (Å²) in [6, 6.07) is 4.36. The van der Waals surface area contributed by atoms with E-state index in [2.05, 4.69) is 0 Å². The van der Waals surface area contributed by atoms with E-state index in [0.717, 1.165) is 25.7 Å². The smallest absolute Gasteiger partial charge is 0.280 e. The minimum Gasteiger partial charge on any atom is -0.490 e. The molecule has 5 heteroatoms. The zero-order valence-electron chi connectivity index (χ0n) is 10.2. The van der Waals surface area contributed by atoms with Gasteiger partial charge in [-0.3, -0.25) is 14.9 Å². The number of nitrogens with zero attached hydrogens (tertiary/aromatic N) is 1. The number of benzene rings is 1. The third-order valence-electron chi connectivity index (χ3n) is 3.15. The van der Waals surface area contributed by atoms with Crippen LogP contribution in [0.25, 0.3) is 0 Å². The summed E-state index contributed by atoms with van der Waals surface area (Å²) in [6.45, 7) is 1.32. The van der Waals surface area contributed by atoms with E-state index in [1.807, 2.05) is 0 Å². The number of hydrogen-bond acceptors (Lipinski definition) is 4. The fourth-order valence-corrected chi connectivity index (χ4v) is 2.23. The fraction of sp³-hybridized carbons (Fsp3) is 0.462. The lowest BCUT2D eigenvalue weighted by Crippen LogP contribution is -2.11. The van der Waals surface area contributed by atoms with E-state index in [9.17, 15) is 14.9 Å². The Morgan fingerprint density at radius 3 is 2.61 bits per heavy atom. The largest absolute Gasteiger partial charge is 0.490 e. The Morgan fingerprint density at radius 2 is 2.06 bits per heavy atom. The van der Waals surface area contributed by atoms with Crippen molar-refractivity contribution in [3.8, 4) is 5.75 Å². The molecule has 1 aromatic carbocycles. The van der Waals surface area contributed by atoms with Crippen molar-refractivity contribution in [1.82, 2.24) is 0 Å². The number of carbonyl (C=O) groups is 1. The summed E-state index contributed by atoms with van der Waals surface area (Å²) in [5.74, 6) is 0.219. The number of rotatable bonds is 4. The second-order valence-corrected chi connectivity index (χ2v) is 4.52. The molecule has 0 aromatic heterocycles. The van der Waals surface area contributed by atoms with Gasteiger partial charge in [-0.1, -0.05) is 0 Å². The molecule has 0 heterocycles. The maximum absolute atomic E-state index is 11.4. The standard InChI is InChI=1S/C13H15NO4/c1-9(15)12-8-11(6-7-13(12)14(16)17)18-10-4-2-3-5-10/h6-8,10H,2-5H2,1H3. The summed E-state index contributed by atoms with van der Waals surface area (Å²) in [5, 5.41) is 10.8. The van der Waals surface area contributed by atoms with Crippen LogP contribution in [0.2, 0.25) is 0 Å². The number of ketones is 1. The molecule has 0 radical (unpaired) electrons. The summed E-state index contributed by atoms with van der Waals surface area (Å²) in [4.78, 5) is 21.6. The van der Waals surface area contributed by atoms with Crippen LogP contribution < -0.4 is 4.74 Å². The van der Waals surface area contributed by atoms with Gasteiger partial charge in [0.1, 0.15) is 5.75 Å². The predicted octanol–water partition coefficient (Wildman–Crippen LogP) is 3.12. The van der Waals surface area contributed by atoms with Gasteiger partial charge in [0.15, 0.2) is 5.78 Å². The van der Waals surface area contributed by atoms with E-state index in [1.165, 1.54) is 19.1 Å². The van der Waals surface area contributed by atoms with Crippen LogP contribution in [-0.2, 0) is 0 Å². The van der Waals surface area contributed by atoms with Crippen molar-refractivity contribution in [2.45, 2.75) is 38.7 Å². The Labute approximate surface area is 105 Å². The van der Waals surface area contributed by atoms with Crippen LogP contribution in [0.15, 0.2) is 18.2 Å². The molecule has 0 spiro atoms. The molecular formula is C13H15NO4. The van der Waals surface area contributed by atoms with E-state index in [4.69, 9.17) is 4.74 Å². The lowest BCUT2D eigenvalue weighted by Gasteiger charge is -2.13. The Balaban J connectivity index is 2.24. The lowest BCUT2D eigenvalue weighted by molar-refractivity contribution is -0.385. The van der Waals surface area contributed by atoms with E-state index < -0.39 is 4.92 Å². The maximum Gasteiger partial charge on any atom is 0.280 e. The topological polar surface area (TPSA) is 69.4 Å². The zero-order valence-corrected chi connectivity index (χ0v) is 10.2. The van der Waals surface area contributed by atoms with Crippen LogP contribution in [0.1, 0.15) is 43.0 Å². The van der Waals surface area contributed by atoms with E-state index in [-0.39, 0.29) is 23.1 Å². The molecule has 1 aliphatic rings. The Bertz CT molecular complexity index is 478. The molecule has 96 valence electrons.